The van der Waals surface area contributed by atoms with Crippen molar-refractivity contribution in [2.75, 3.05) is 13.1 Å². The predicted octanol–water partition coefficient (Wildman–Crippen LogP) is 3.03. The van der Waals surface area contributed by atoms with Crippen molar-refractivity contribution in [3.8, 4) is 0 Å². The molecule has 18 heavy (non-hydrogen) atoms. The zero-order valence-corrected chi connectivity index (χ0v) is 11.0. The van der Waals surface area contributed by atoms with Gasteiger partial charge in [-0.2, -0.15) is 0 Å². The van der Waals surface area contributed by atoms with Crippen molar-refractivity contribution in [2.45, 2.75) is 38.7 Å². The van der Waals surface area contributed by atoms with Crippen LogP contribution in [0.5, 0.6) is 0 Å². The maximum Gasteiger partial charge on any atom is 0.123 e. The Morgan fingerprint density at radius 2 is 2.22 bits per heavy atom. The average molecular weight is 251 g/mol. The molecule has 1 aromatic carbocycles. The van der Waals surface area contributed by atoms with Gasteiger partial charge in [-0.1, -0.05) is 25.5 Å². The Kier molecular flexibility index (Phi) is 4.36. The molecule has 100 valence electrons. The van der Waals surface area contributed by atoms with Gasteiger partial charge in [-0.3, -0.25) is 0 Å². The predicted molar refractivity (Wildman–Crippen MR) is 70.8 cm³/mol. The van der Waals surface area contributed by atoms with E-state index >= 15 is 0 Å². The first kappa shape index (κ1) is 13.5. The summed E-state index contributed by atoms with van der Waals surface area (Å²) in [5.74, 6) is -0.296. The molecule has 0 saturated heterocycles. The molecule has 2 rings (SSSR count). The van der Waals surface area contributed by atoms with Gasteiger partial charge in [0.05, 0.1) is 6.10 Å². The number of aliphatic hydroxyl groups is 1. The minimum absolute atomic E-state index is 0.296. The summed E-state index contributed by atoms with van der Waals surface area (Å²) in [7, 11) is 0. The number of benzene rings is 1. The highest BCUT2D eigenvalue weighted by Crippen LogP contribution is 2.43. The number of rotatable bonds is 6. The van der Waals surface area contributed by atoms with E-state index in [0.29, 0.717) is 17.5 Å². The quantitative estimate of drug-likeness (QED) is 0.814. The van der Waals surface area contributed by atoms with Crippen molar-refractivity contribution in [1.82, 2.24) is 5.32 Å². The molecule has 2 N–H and O–H groups in total. The Morgan fingerprint density at radius 1 is 1.44 bits per heavy atom. The number of aliphatic hydroxyl groups excluding tert-OH is 1. The summed E-state index contributed by atoms with van der Waals surface area (Å²) in [6, 6.07) is 6.18. The molecular weight excluding hydrogens is 229 g/mol. The first-order valence-corrected chi connectivity index (χ1v) is 6.79. The Bertz CT molecular complexity index is 384. The van der Waals surface area contributed by atoms with Crippen molar-refractivity contribution in [3.63, 3.8) is 0 Å². The van der Waals surface area contributed by atoms with Gasteiger partial charge in [-0.25, -0.2) is 4.39 Å². The molecule has 0 radical (unpaired) electrons. The second kappa shape index (κ2) is 5.81. The molecule has 0 aromatic heterocycles. The third-order valence-electron chi connectivity index (χ3n) is 4.24. The largest absolute Gasteiger partial charge is 0.387 e. The minimum Gasteiger partial charge on any atom is -0.387 e. The van der Waals surface area contributed by atoms with Crippen LogP contribution in [0, 0.1) is 11.2 Å². The maximum atomic E-state index is 13.0. The lowest BCUT2D eigenvalue weighted by Crippen LogP contribution is -2.40. The lowest BCUT2D eigenvalue weighted by Gasteiger charge is -2.41. The van der Waals surface area contributed by atoms with Crippen molar-refractivity contribution >= 4 is 0 Å². The smallest absolute Gasteiger partial charge is 0.123 e. The van der Waals surface area contributed by atoms with Crippen molar-refractivity contribution in [1.29, 1.82) is 0 Å². The van der Waals surface area contributed by atoms with Crippen LogP contribution >= 0.6 is 0 Å². The highest BCUT2D eigenvalue weighted by atomic mass is 19.1. The van der Waals surface area contributed by atoms with Crippen LogP contribution in [0.4, 0.5) is 4.39 Å². The topological polar surface area (TPSA) is 32.3 Å². The fourth-order valence-corrected chi connectivity index (χ4v) is 2.64. The summed E-state index contributed by atoms with van der Waals surface area (Å²) < 4.78 is 13.0. The first-order chi connectivity index (χ1) is 8.65. The average Bonchev–Trinajstić information content (AvgIpc) is 2.32. The second-order valence-electron chi connectivity index (χ2n) is 5.41. The van der Waals surface area contributed by atoms with Crippen molar-refractivity contribution in [3.05, 3.63) is 35.6 Å². The SMILES string of the molecule is CCC1(CNCC(O)c2cccc(F)c2)CCC1. The third-order valence-corrected chi connectivity index (χ3v) is 4.24. The van der Waals surface area contributed by atoms with Crippen LogP contribution in [0.25, 0.3) is 0 Å². The van der Waals surface area contributed by atoms with Crippen LogP contribution in [-0.2, 0) is 0 Å². The van der Waals surface area contributed by atoms with E-state index < -0.39 is 6.10 Å². The Morgan fingerprint density at radius 3 is 2.78 bits per heavy atom. The molecule has 0 amide bonds. The number of nitrogens with one attached hydrogen (secondary N) is 1. The molecule has 1 fully saturated rings. The third kappa shape index (κ3) is 3.09. The molecule has 0 spiro atoms. The summed E-state index contributed by atoms with van der Waals surface area (Å²) in [6.45, 7) is 3.67. The molecule has 2 nitrogen and oxygen atoms in total. The molecule has 0 aliphatic heterocycles. The Balaban J connectivity index is 1.79. The number of hydrogen-bond donors (Lipinski definition) is 2. The minimum atomic E-state index is -0.630. The van der Waals surface area contributed by atoms with Crippen LogP contribution in [-0.4, -0.2) is 18.2 Å². The molecule has 0 heterocycles. The molecule has 1 atom stereocenters. The van der Waals surface area contributed by atoms with E-state index in [0.717, 1.165) is 6.54 Å². The number of halogens is 1. The Hall–Kier alpha value is -0.930. The molecule has 1 aromatic rings. The first-order valence-electron chi connectivity index (χ1n) is 6.79. The monoisotopic (exact) mass is 251 g/mol. The van der Waals surface area contributed by atoms with E-state index in [1.807, 2.05) is 0 Å². The molecule has 1 unspecified atom stereocenters. The highest BCUT2D eigenvalue weighted by Gasteiger charge is 2.34. The Labute approximate surface area is 108 Å². The van der Waals surface area contributed by atoms with Crippen LogP contribution in [0.15, 0.2) is 24.3 Å². The summed E-state index contributed by atoms with van der Waals surface area (Å²) in [6.07, 6.45) is 4.45. The van der Waals surface area contributed by atoms with E-state index in [9.17, 15) is 9.50 Å². The summed E-state index contributed by atoms with van der Waals surface area (Å²) >= 11 is 0. The van der Waals surface area contributed by atoms with Crippen LogP contribution in [0.2, 0.25) is 0 Å². The van der Waals surface area contributed by atoms with Gasteiger partial charge in [-0.05, 0) is 42.4 Å². The molecule has 1 aliphatic rings. The normalized spacial score (nSPS) is 19.3. The zero-order valence-electron chi connectivity index (χ0n) is 11.0. The fourth-order valence-electron chi connectivity index (χ4n) is 2.64. The van der Waals surface area contributed by atoms with Crippen molar-refractivity contribution in [2.24, 2.45) is 5.41 Å². The fraction of sp³-hybridized carbons (Fsp3) is 0.600. The van der Waals surface area contributed by atoms with Gasteiger partial charge in [0.25, 0.3) is 0 Å². The van der Waals surface area contributed by atoms with Gasteiger partial charge in [-0.15, -0.1) is 0 Å². The number of hydrogen-bond acceptors (Lipinski definition) is 2. The lowest BCUT2D eigenvalue weighted by molar-refractivity contribution is 0.110. The van der Waals surface area contributed by atoms with E-state index in [4.69, 9.17) is 0 Å². The van der Waals surface area contributed by atoms with Crippen LogP contribution < -0.4 is 5.32 Å². The van der Waals surface area contributed by atoms with Crippen molar-refractivity contribution < 1.29 is 9.50 Å². The van der Waals surface area contributed by atoms with Gasteiger partial charge in [0.1, 0.15) is 5.82 Å². The second-order valence-corrected chi connectivity index (χ2v) is 5.41. The lowest BCUT2D eigenvalue weighted by atomic mass is 9.67. The van der Waals surface area contributed by atoms with Gasteiger partial charge in [0, 0.05) is 13.1 Å². The van der Waals surface area contributed by atoms with E-state index in [1.165, 1.54) is 37.8 Å². The van der Waals surface area contributed by atoms with Gasteiger partial charge < -0.3 is 10.4 Å². The molecule has 1 saturated carbocycles. The van der Waals surface area contributed by atoms with Gasteiger partial charge >= 0.3 is 0 Å². The molecule has 1 aliphatic carbocycles. The highest BCUT2D eigenvalue weighted by molar-refractivity contribution is 5.18. The standard InChI is InChI=1S/C15H22FNO/c1-2-15(7-4-8-15)11-17-10-14(18)12-5-3-6-13(16)9-12/h3,5-6,9,14,17-18H,2,4,7-8,10-11H2,1H3. The summed E-state index contributed by atoms with van der Waals surface area (Å²) in [5, 5.41) is 13.3. The summed E-state index contributed by atoms with van der Waals surface area (Å²) in [5.41, 5.74) is 1.09. The van der Waals surface area contributed by atoms with Crippen LogP contribution in [0.3, 0.4) is 0 Å². The van der Waals surface area contributed by atoms with Gasteiger partial charge in [0.15, 0.2) is 0 Å². The molecule has 0 bridgehead atoms. The molecule has 3 heteroatoms. The van der Waals surface area contributed by atoms with E-state index in [2.05, 4.69) is 12.2 Å². The maximum absolute atomic E-state index is 13.0. The molecular formula is C15H22FNO. The zero-order chi connectivity index (χ0) is 13.0. The van der Waals surface area contributed by atoms with Crippen LogP contribution in [0.1, 0.15) is 44.3 Å². The van der Waals surface area contributed by atoms with Gasteiger partial charge in [0.2, 0.25) is 0 Å². The van der Waals surface area contributed by atoms with E-state index in [-0.39, 0.29) is 5.82 Å². The summed E-state index contributed by atoms with van der Waals surface area (Å²) in [4.78, 5) is 0. The van der Waals surface area contributed by atoms with E-state index in [1.54, 1.807) is 12.1 Å².